The quantitative estimate of drug-likeness (QED) is 0.806. The zero-order valence-corrected chi connectivity index (χ0v) is 15.6. The predicted molar refractivity (Wildman–Crippen MR) is 98.7 cm³/mol. The summed E-state index contributed by atoms with van der Waals surface area (Å²) in [4.78, 5) is 27.0. The first-order valence-electron chi connectivity index (χ1n) is 10.1. The highest BCUT2D eigenvalue weighted by atomic mass is 19.1. The molecule has 1 aromatic rings. The van der Waals surface area contributed by atoms with Gasteiger partial charge in [0, 0.05) is 6.04 Å². The number of carbonyl (C=O) groups excluding carboxylic acids is 2. The van der Waals surface area contributed by atoms with Crippen molar-refractivity contribution in [3.63, 3.8) is 0 Å². The Morgan fingerprint density at radius 3 is 2.44 bits per heavy atom. The molecule has 2 amide bonds. The van der Waals surface area contributed by atoms with E-state index in [9.17, 15) is 14.0 Å². The van der Waals surface area contributed by atoms with Crippen molar-refractivity contribution in [2.24, 2.45) is 0 Å². The van der Waals surface area contributed by atoms with E-state index in [1.165, 1.54) is 12.1 Å². The zero-order valence-electron chi connectivity index (χ0n) is 15.6. The maximum absolute atomic E-state index is 13.1. The number of hydrogen-bond donors (Lipinski definition) is 1. The summed E-state index contributed by atoms with van der Waals surface area (Å²) in [6.07, 6.45) is 8.68. The number of likely N-dealkylation sites (tertiary alicyclic amines) is 1. The first kappa shape index (κ1) is 18.3. The SMILES string of the molecule is O=C(CN1C(=O)C(Oc2ccc(F)cc2)C12CCCCC2)NC1CCCC1. The maximum Gasteiger partial charge on any atom is 0.267 e. The van der Waals surface area contributed by atoms with E-state index < -0.39 is 11.6 Å². The van der Waals surface area contributed by atoms with Crippen LogP contribution in [0.4, 0.5) is 4.39 Å². The van der Waals surface area contributed by atoms with Crippen LogP contribution in [0.25, 0.3) is 0 Å². The molecular formula is C21H27FN2O3. The number of β-lactam (4-membered cyclic amide) rings is 1. The van der Waals surface area contributed by atoms with Gasteiger partial charge in [-0.1, -0.05) is 32.1 Å². The average molecular weight is 374 g/mol. The Balaban J connectivity index is 1.45. The molecule has 0 aromatic heterocycles. The largest absolute Gasteiger partial charge is 0.478 e. The van der Waals surface area contributed by atoms with Gasteiger partial charge < -0.3 is 15.0 Å². The molecule has 4 rings (SSSR count). The summed E-state index contributed by atoms with van der Waals surface area (Å²) in [7, 11) is 0. The normalized spacial score (nSPS) is 24.7. The third kappa shape index (κ3) is 3.54. The van der Waals surface area contributed by atoms with E-state index in [0.29, 0.717) is 5.75 Å². The number of rotatable bonds is 5. The lowest BCUT2D eigenvalue weighted by atomic mass is 9.70. The minimum Gasteiger partial charge on any atom is -0.478 e. The van der Waals surface area contributed by atoms with Gasteiger partial charge in [-0.2, -0.15) is 0 Å². The van der Waals surface area contributed by atoms with Crippen molar-refractivity contribution in [2.75, 3.05) is 6.54 Å². The second-order valence-corrected chi connectivity index (χ2v) is 8.09. The lowest BCUT2D eigenvalue weighted by Crippen LogP contribution is -2.77. The third-order valence-corrected chi connectivity index (χ3v) is 6.32. The monoisotopic (exact) mass is 374 g/mol. The number of nitrogens with zero attached hydrogens (tertiary/aromatic N) is 1. The molecule has 1 unspecified atom stereocenters. The van der Waals surface area contributed by atoms with E-state index in [0.717, 1.165) is 57.8 Å². The Morgan fingerprint density at radius 1 is 1.11 bits per heavy atom. The van der Waals surface area contributed by atoms with Crippen LogP contribution < -0.4 is 10.1 Å². The number of nitrogens with one attached hydrogen (secondary N) is 1. The van der Waals surface area contributed by atoms with Crippen LogP contribution in [-0.2, 0) is 9.59 Å². The van der Waals surface area contributed by atoms with E-state index in [-0.39, 0.29) is 30.2 Å². The molecule has 5 nitrogen and oxygen atoms in total. The van der Waals surface area contributed by atoms with Crippen molar-refractivity contribution in [2.45, 2.75) is 75.5 Å². The second-order valence-electron chi connectivity index (χ2n) is 8.09. The molecule has 1 spiro atoms. The molecule has 0 radical (unpaired) electrons. The minimum atomic E-state index is -0.581. The van der Waals surface area contributed by atoms with Gasteiger partial charge in [0.2, 0.25) is 5.91 Å². The van der Waals surface area contributed by atoms with Crippen molar-refractivity contribution in [1.29, 1.82) is 0 Å². The van der Waals surface area contributed by atoms with Gasteiger partial charge in [0.1, 0.15) is 18.1 Å². The fourth-order valence-electron chi connectivity index (χ4n) is 4.89. The molecule has 146 valence electrons. The number of amides is 2. The number of carbonyl (C=O) groups is 2. The summed E-state index contributed by atoms with van der Waals surface area (Å²) in [6, 6.07) is 6.02. The van der Waals surface area contributed by atoms with Gasteiger partial charge in [-0.3, -0.25) is 9.59 Å². The smallest absolute Gasteiger partial charge is 0.267 e. The van der Waals surface area contributed by atoms with Crippen LogP contribution in [0.3, 0.4) is 0 Å². The average Bonchev–Trinajstić information content (AvgIpc) is 3.19. The molecule has 1 heterocycles. The van der Waals surface area contributed by atoms with Crippen molar-refractivity contribution >= 4 is 11.8 Å². The molecule has 1 atom stereocenters. The minimum absolute atomic E-state index is 0.0690. The molecule has 1 saturated heterocycles. The van der Waals surface area contributed by atoms with E-state index in [1.807, 2.05) is 0 Å². The first-order valence-corrected chi connectivity index (χ1v) is 10.1. The first-order chi connectivity index (χ1) is 13.1. The van der Waals surface area contributed by atoms with Crippen LogP contribution in [0.15, 0.2) is 24.3 Å². The topological polar surface area (TPSA) is 58.6 Å². The zero-order chi connectivity index (χ0) is 18.9. The number of hydrogen-bond acceptors (Lipinski definition) is 3. The maximum atomic E-state index is 13.1. The van der Waals surface area contributed by atoms with E-state index in [4.69, 9.17) is 4.74 Å². The fourth-order valence-corrected chi connectivity index (χ4v) is 4.89. The summed E-state index contributed by atoms with van der Waals surface area (Å²) >= 11 is 0. The molecule has 6 heteroatoms. The van der Waals surface area contributed by atoms with Crippen molar-refractivity contribution in [3.05, 3.63) is 30.1 Å². The van der Waals surface area contributed by atoms with Crippen molar-refractivity contribution in [3.8, 4) is 5.75 Å². The third-order valence-electron chi connectivity index (χ3n) is 6.32. The Bertz CT molecular complexity index is 694. The molecule has 27 heavy (non-hydrogen) atoms. The fraction of sp³-hybridized carbons (Fsp3) is 0.619. The Morgan fingerprint density at radius 2 is 1.78 bits per heavy atom. The van der Waals surface area contributed by atoms with Gasteiger partial charge >= 0.3 is 0 Å². The number of benzene rings is 1. The van der Waals surface area contributed by atoms with E-state index in [2.05, 4.69) is 5.32 Å². The van der Waals surface area contributed by atoms with Crippen LogP contribution in [0, 0.1) is 5.82 Å². The summed E-state index contributed by atoms with van der Waals surface area (Å²) in [5.41, 5.74) is -0.406. The van der Waals surface area contributed by atoms with Crippen LogP contribution in [0.2, 0.25) is 0 Å². The molecule has 3 aliphatic rings. The van der Waals surface area contributed by atoms with Crippen LogP contribution in [0.5, 0.6) is 5.75 Å². The van der Waals surface area contributed by atoms with Crippen molar-refractivity contribution < 1.29 is 18.7 Å². The van der Waals surface area contributed by atoms with Gasteiger partial charge in [-0.05, 0) is 49.9 Å². The molecular weight excluding hydrogens is 347 g/mol. The molecule has 0 bridgehead atoms. The summed E-state index contributed by atoms with van der Waals surface area (Å²) in [5, 5.41) is 3.08. The Hall–Kier alpha value is -2.11. The van der Waals surface area contributed by atoms with E-state index in [1.54, 1.807) is 17.0 Å². The second kappa shape index (κ2) is 7.49. The van der Waals surface area contributed by atoms with Gasteiger partial charge in [0.25, 0.3) is 5.91 Å². The number of ether oxygens (including phenoxy) is 1. The van der Waals surface area contributed by atoms with Crippen LogP contribution >= 0.6 is 0 Å². The summed E-state index contributed by atoms with van der Waals surface area (Å²) in [6.45, 7) is 0.110. The summed E-state index contributed by atoms with van der Waals surface area (Å²) in [5.74, 6) is -0.0436. The highest BCUT2D eigenvalue weighted by Gasteiger charge is 2.62. The van der Waals surface area contributed by atoms with Gasteiger partial charge in [-0.15, -0.1) is 0 Å². The molecule has 3 fully saturated rings. The highest BCUT2D eigenvalue weighted by Crippen LogP contribution is 2.45. The lowest BCUT2D eigenvalue weighted by molar-refractivity contribution is -0.187. The molecule has 1 aliphatic heterocycles. The van der Waals surface area contributed by atoms with Crippen LogP contribution in [-0.4, -0.2) is 40.9 Å². The highest BCUT2D eigenvalue weighted by molar-refractivity contribution is 5.94. The van der Waals surface area contributed by atoms with Gasteiger partial charge in [-0.25, -0.2) is 4.39 Å². The van der Waals surface area contributed by atoms with E-state index >= 15 is 0 Å². The molecule has 1 aromatic carbocycles. The lowest BCUT2D eigenvalue weighted by Gasteiger charge is -2.58. The van der Waals surface area contributed by atoms with Crippen LogP contribution in [0.1, 0.15) is 57.8 Å². The summed E-state index contributed by atoms with van der Waals surface area (Å²) < 4.78 is 19.1. The standard InChI is InChI=1S/C21H27FN2O3/c22-15-8-10-17(11-9-15)27-19-20(26)24(21(19)12-4-1-5-13-21)14-18(25)23-16-6-2-3-7-16/h8-11,16,19H,1-7,12-14H2,(H,23,25). The molecule has 1 N–H and O–H groups in total. The van der Waals surface area contributed by atoms with Gasteiger partial charge in [0.15, 0.2) is 6.10 Å². The number of halogens is 1. The predicted octanol–water partition coefficient (Wildman–Crippen LogP) is 3.18. The van der Waals surface area contributed by atoms with Gasteiger partial charge in [0.05, 0.1) is 5.54 Å². The Labute approximate surface area is 159 Å². The molecule has 2 saturated carbocycles. The molecule has 2 aliphatic carbocycles. The van der Waals surface area contributed by atoms with Crippen molar-refractivity contribution in [1.82, 2.24) is 10.2 Å². The Kier molecular flexibility index (Phi) is 5.06.